The van der Waals surface area contributed by atoms with Gasteiger partial charge in [-0.3, -0.25) is 0 Å². The zero-order valence-corrected chi connectivity index (χ0v) is 15.6. The van der Waals surface area contributed by atoms with Crippen LogP contribution in [-0.4, -0.2) is 55.2 Å². The van der Waals surface area contributed by atoms with E-state index in [0.717, 1.165) is 28.4 Å². The fourth-order valence-electron chi connectivity index (χ4n) is 2.78. The third-order valence-electron chi connectivity index (χ3n) is 4.07. The molecule has 0 N–H and O–H groups in total. The summed E-state index contributed by atoms with van der Waals surface area (Å²) in [5.74, 6) is 1.39. The summed E-state index contributed by atoms with van der Waals surface area (Å²) in [7, 11) is 6.00. The topological polar surface area (TPSA) is 63.6 Å². The molecular formula is C19H23N7. The Morgan fingerprint density at radius 2 is 1.65 bits per heavy atom. The molecule has 4 aromatic heterocycles. The van der Waals surface area contributed by atoms with Crippen LogP contribution in [0, 0.1) is 6.92 Å². The van der Waals surface area contributed by atoms with E-state index in [2.05, 4.69) is 43.0 Å². The smallest absolute Gasteiger partial charge is 0.176 e. The molecule has 0 amide bonds. The van der Waals surface area contributed by atoms with E-state index in [9.17, 15) is 0 Å². The number of pyridine rings is 1. The third-order valence-corrected chi connectivity index (χ3v) is 4.07. The van der Waals surface area contributed by atoms with E-state index in [1.807, 2.05) is 51.2 Å². The van der Waals surface area contributed by atoms with Gasteiger partial charge in [-0.25, -0.2) is 9.97 Å². The molecule has 0 saturated heterocycles. The summed E-state index contributed by atoms with van der Waals surface area (Å²) >= 11 is 0. The summed E-state index contributed by atoms with van der Waals surface area (Å²) < 4.78 is 3.67. The minimum absolute atomic E-state index is 0.663. The van der Waals surface area contributed by atoms with Gasteiger partial charge in [0, 0.05) is 23.9 Å². The Hall–Kier alpha value is -2.80. The average molecular weight is 349 g/mol. The Labute approximate surface area is 152 Å². The largest absolute Gasteiger partial charge is 0.312 e. The van der Waals surface area contributed by atoms with Gasteiger partial charge >= 0.3 is 0 Å². The van der Waals surface area contributed by atoms with Gasteiger partial charge in [-0.15, -0.1) is 14.8 Å². The van der Waals surface area contributed by atoms with Gasteiger partial charge in [-0.2, -0.15) is 0 Å². The zero-order chi connectivity index (χ0) is 18.3. The van der Waals surface area contributed by atoms with Crippen LogP contribution in [-0.2, 0) is 0 Å². The fraction of sp³-hybridized carbons (Fsp3) is 0.368. The first-order valence-corrected chi connectivity index (χ1v) is 8.80. The highest BCUT2D eigenvalue weighted by Crippen LogP contribution is 2.39. The van der Waals surface area contributed by atoms with E-state index in [-0.39, 0.29) is 0 Å². The van der Waals surface area contributed by atoms with Gasteiger partial charge in [0.25, 0.3) is 0 Å². The van der Waals surface area contributed by atoms with Crippen molar-refractivity contribution in [3.05, 3.63) is 48.2 Å². The molecule has 5 rings (SSSR count). The molecule has 4 heterocycles. The fourth-order valence-corrected chi connectivity index (χ4v) is 2.78. The number of rotatable bonds is 2. The van der Waals surface area contributed by atoms with Gasteiger partial charge in [0.05, 0.1) is 11.4 Å². The molecule has 26 heavy (non-hydrogen) atoms. The van der Waals surface area contributed by atoms with Crippen LogP contribution >= 0.6 is 0 Å². The Morgan fingerprint density at radius 1 is 0.923 bits per heavy atom. The van der Waals surface area contributed by atoms with Crippen molar-refractivity contribution in [3.63, 3.8) is 0 Å². The molecule has 7 heteroatoms. The molecule has 1 saturated carbocycles. The highest BCUT2D eigenvalue weighted by Gasteiger charge is 2.26. The molecule has 0 unspecified atom stereocenters. The molecule has 1 aliphatic carbocycles. The van der Waals surface area contributed by atoms with Gasteiger partial charge in [0.2, 0.25) is 0 Å². The van der Waals surface area contributed by atoms with Gasteiger partial charge in [-0.05, 0) is 65.2 Å². The lowest BCUT2D eigenvalue weighted by Gasteiger charge is -2.01. The maximum atomic E-state index is 4.68. The Kier molecular flexibility index (Phi) is 4.16. The van der Waals surface area contributed by atoms with Crippen molar-refractivity contribution >= 4 is 11.3 Å². The standard InChI is InChI=1S/C16H14N6.C3H9N/c1-10-17-16-7-5-13(20-22(16)19-10)12-4-6-15-18-14(11-2-3-11)9-21(15)8-12;1-4(2)3/h4-9,11H,2-3H2,1H3;1-3H3. The molecule has 134 valence electrons. The van der Waals surface area contributed by atoms with Crippen LogP contribution in [0.25, 0.3) is 22.6 Å². The number of hydrogen-bond donors (Lipinski definition) is 0. The number of aromatic nitrogens is 6. The van der Waals surface area contributed by atoms with Crippen molar-refractivity contribution in [2.75, 3.05) is 21.1 Å². The summed E-state index contributed by atoms with van der Waals surface area (Å²) in [6.07, 6.45) is 6.74. The summed E-state index contributed by atoms with van der Waals surface area (Å²) in [4.78, 5) is 11.0. The Balaban J connectivity index is 0.000000385. The number of imidazole rings is 1. The van der Waals surface area contributed by atoms with E-state index in [1.54, 1.807) is 4.63 Å². The van der Waals surface area contributed by atoms with E-state index in [1.165, 1.54) is 18.5 Å². The molecule has 4 aromatic rings. The predicted octanol–water partition coefficient (Wildman–Crippen LogP) is 2.80. The van der Waals surface area contributed by atoms with E-state index in [0.29, 0.717) is 5.92 Å². The molecule has 0 spiro atoms. The van der Waals surface area contributed by atoms with Gasteiger partial charge < -0.3 is 9.30 Å². The Bertz CT molecular complexity index is 1050. The summed E-state index contributed by atoms with van der Waals surface area (Å²) in [6.45, 7) is 1.87. The second-order valence-corrected chi connectivity index (χ2v) is 7.19. The highest BCUT2D eigenvalue weighted by atomic mass is 15.4. The molecule has 0 aromatic carbocycles. The lowest BCUT2D eigenvalue weighted by Crippen LogP contribution is -1.99. The molecule has 0 atom stereocenters. The van der Waals surface area contributed by atoms with Crippen LogP contribution in [0.1, 0.15) is 30.3 Å². The van der Waals surface area contributed by atoms with Crippen molar-refractivity contribution in [2.24, 2.45) is 0 Å². The zero-order valence-electron chi connectivity index (χ0n) is 15.6. The first-order valence-electron chi connectivity index (χ1n) is 8.80. The first-order chi connectivity index (χ1) is 12.5. The maximum Gasteiger partial charge on any atom is 0.176 e. The monoisotopic (exact) mass is 349 g/mol. The molecule has 0 radical (unpaired) electrons. The second kappa shape index (κ2) is 6.49. The van der Waals surface area contributed by atoms with Crippen molar-refractivity contribution in [2.45, 2.75) is 25.7 Å². The predicted molar refractivity (Wildman–Crippen MR) is 101 cm³/mol. The maximum absolute atomic E-state index is 4.68. The van der Waals surface area contributed by atoms with Crippen molar-refractivity contribution in [1.29, 1.82) is 0 Å². The Morgan fingerprint density at radius 3 is 2.38 bits per heavy atom. The van der Waals surface area contributed by atoms with Crippen molar-refractivity contribution < 1.29 is 0 Å². The van der Waals surface area contributed by atoms with Crippen LogP contribution < -0.4 is 0 Å². The molecule has 1 fully saturated rings. The molecule has 0 bridgehead atoms. The van der Waals surface area contributed by atoms with Gasteiger partial charge in [-0.1, -0.05) is 0 Å². The summed E-state index contributed by atoms with van der Waals surface area (Å²) in [6, 6.07) is 8.01. The van der Waals surface area contributed by atoms with Crippen molar-refractivity contribution in [3.8, 4) is 11.3 Å². The third kappa shape index (κ3) is 3.43. The van der Waals surface area contributed by atoms with E-state index < -0.39 is 0 Å². The molecular weight excluding hydrogens is 326 g/mol. The lowest BCUT2D eigenvalue weighted by molar-refractivity contribution is 0.505. The van der Waals surface area contributed by atoms with E-state index in [4.69, 9.17) is 0 Å². The van der Waals surface area contributed by atoms with Crippen LogP contribution in [0.4, 0.5) is 0 Å². The minimum Gasteiger partial charge on any atom is -0.312 e. The second-order valence-electron chi connectivity index (χ2n) is 7.19. The average Bonchev–Trinajstić information content (AvgIpc) is 3.24. The number of aryl methyl sites for hydroxylation is 1. The number of fused-ring (bicyclic) bond motifs is 2. The van der Waals surface area contributed by atoms with Gasteiger partial charge in [0.15, 0.2) is 5.65 Å². The molecule has 7 nitrogen and oxygen atoms in total. The highest BCUT2D eigenvalue weighted by molar-refractivity contribution is 5.62. The minimum atomic E-state index is 0.663. The van der Waals surface area contributed by atoms with Crippen LogP contribution in [0.15, 0.2) is 36.7 Å². The molecule has 0 aliphatic heterocycles. The lowest BCUT2D eigenvalue weighted by atomic mass is 10.2. The van der Waals surface area contributed by atoms with Crippen LogP contribution in [0.3, 0.4) is 0 Å². The van der Waals surface area contributed by atoms with Gasteiger partial charge in [0.1, 0.15) is 11.5 Å². The number of hydrogen-bond acceptors (Lipinski definition) is 5. The van der Waals surface area contributed by atoms with Crippen LogP contribution in [0.5, 0.6) is 0 Å². The quantitative estimate of drug-likeness (QED) is 0.557. The summed E-state index contributed by atoms with van der Waals surface area (Å²) in [5, 5.41) is 8.81. The number of nitrogens with zero attached hydrogens (tertiary/aromatic N) is 7. The first kappa shape index (κ1) is 16.7. The SMILES string of the molecule is CN(C)C.Cc1nc2ccc(-c3ccc4nc(C5CC5)cn4c3)nn2n1. The van der Waals surface area contributed by atoms with E-state index >= 15 is 0 Å². The molecule has 1 aliphatic rings. The summed E-state index contributed by atoms with van der Waals surface area (Å²) in [5.41, 5.74) is 4.88. The van der Waals surface area contributed by atoms with Crippen LogP contribution in [0.2, 0.25) is 0 Å². The normalized spacial score (nSPS) is 14.0. The van der Waals surface area contributed by atoms with Crippen molar-refractivity contribution in [1.82, 2.24) is 34.1 Å².